The minimum Gasteiger partial charge on any atom is -0.493 e. The number of carbonyl (C=O) groups excluding carboxylic acids is 1. The van der Waals surface area contributed by atoms with E-state index < -0.39 is 5.91 Å². The second-order valence-corrected chi connectivity index (χ2v) is 10.1. The molecule has 38 heavy (non-hydrogen) atoms. The number of nitrogens with zero attached hydrogens (tertiary/aromatic N) is 3. The Balaban J connectivity index is 1.64. The summed E-state index contributed by atoms with van der Waals surface area (Å²) in [5.74, 6) is 0.599. The normalized spacial score (nSPS) is 10.8. The van der Waals surface area contributed by atoms with Gasteiger partial charge in [0.2, 0.25) is 5.88 Å². The number of aryl methyl sites for hydroxylation is 1. The number of ether oxygens (including phenoxy) is 4. The maximum Gasteiger partial charge on any atom is 0.278 e. The summed E-state index contributed by atoms with van der Waals surface area (Å²) in [5, 5.41) is 14.2. The zero-order valence-electron chi connectivity index (χ0n) is 20.7. The highest BCUT2D eigenvalue weighted by Crippen LogP contribution is 2.34. The number of rotatable bonds is 11. The first-order valence-electron chi connectivity index (χ1n) is 11.0. The second-order valence-electron chi connectivity index (χ2n) is 7.71. The molecule has 0 unspecified atom stereocenters. The van der Waals surface area contributed by atoms with Crippen molar-refractivity contribution in [3.05, 3.63) is 77.4 Å². The summed E-state index contributed by atoms with van der Waals surface area (Å²) in [4.78, 5) is 16.6. The topological polar surface area (TPSA) is 115 Å². The lowest BCUT2D eigenvalue weighted by molar-refractivity contribution is -0.123. The average Bonchev–Trinajstić information content (AvgIpc) is 2.90. The summed E-state index contributed by atoms with van der Waals surface area (Å²) in [6.07, 6.45) is 1.47. The van der Waals surface area contributed by atoms with Crippen LogP contribution in [0.3, 0.4) is 0 Å². The molecule has 1 amide bonds. The molecular formula is C26H23BrClIN4O5. The van der Waals surface area contributed by atoms with Gasteiger partial charge in [-0.25, -0.2) is 10.4 Å². The van der Waals surface area contributed by atoms with Crippen molar-refractivity contribution in [1.29, 1.82) is 5.26 Å². The van der Waals surface area contributed by atoms with Crippen molar-refractivity contribution < 1.29 is 23.7 Å². The van der Waals surface area contributed by atoms with Gasteiger partial charge in [0.05, 0.1) is 29.2 Å². The Kier molecular flexibility index (Phi) is 11.1. The molecule has 1 aromatic heterocycles. The summed E-state index contributed by atoms with van der Waals surface area (Å²) in [6, 6.07) is 13.1. The lowest BCUT2D eigenvalue weighted by Gasteiger charge is -2.14. The van der Waals surface area contributed by atoms with E-state index in [2.05, 4.69) is 60.1 Å². The zero-order chi connectivity index (χ0) is 27.7. The third-order valence-corrected chi connectivity index (χ3v) is 7.31. The van der Waals surface area contributed by atoms with Crippen LogP contribution in [0.4, 0.5) is 0 Å². The second kappa shape index (κ2) is 14.3. The van der Waals surface area contributed by atoms with E-state index in [0.29, 0.717) is 37.8 Å². The van der Waals surface area contributed by atoms with Crippen LogP contribution in [0.15, 0.2) is 46.0 Å². The number of halogens is 3. The number of nitrogens with one attached hydrogen (secondary N) is 1. The zero-order valence-corrected chi connectivity index (χ0v) is 25.2. The fourth-order valence-electron chi connectivity index (χ4n) is 3.28. The molecule has 12 heteroatoms. The molecule has 9 nitrogen and oxygen atoms in total. The predicted octanol–water partition coefficient (Wildman–Crippen LogP) is 5.55. The molecular weight excluding hydrogens is 691 g/mol. The summed E-state index contributed by atoms with van der Waals surface area (Å²) >= 11 is 11.8. The molecule has 0 aliphatic rings. The van der Waals surface area contributed by atoms with Gasteiger partial charge in [-0.3, -0.25) is 4.79 Å². The maximum atomic E-state index is 12.3. The number of hydrogen-bond acceptors (Lipinski definition) is 8. The third-order valence-electron chi connectivity index (χ3n) is 5.09. The smallest absolute Gasteiger partial charge is 0.278 e. The summed E-state index contributed by atoms with van der Waals surface area (Å²) in [7, 11) is 3.06. The van der Waals surface area contributed by atoms with E-state index in [4.69, 9.17) is 30.5 Å². The standard InChI is InChI=1S/C26H23BrClIN4O5/c1-15-24(27)19(13-35-2)18(10-30)26(32-15)38-14-23(34)33-31-11-16-8-21(29)25(22(9-16)36-3)37-12-17-6-4-5-7-20(17)28/h4-9,11H,12-14H2,1-3H3,(H,33,34)/b31-11-. The predicted molar refractivity (Wildman–Crippen MR) is 155 cm³/mol. The van der Waals surface area contributed by atoms with Crippen molar-refractivity contribution in [2.45, 2.75) is 20.1 Å². The fourth-order valence-corrected chi connectivity index (χ4v) is 4.65. The lowest BCUT2D eigenvalue weighted by atomic mass is 10.1. The Labute approximate surface area is 247 Å². The minimum absolute atomic E-state index is 0.0473. The number of hydrogen-bond donors (Lipinski definition) is 1. The van der Waals surface area contributed by atoms with Gasteiger partial charge in [0.15, 0.2) is 18.1 Å². The molecule has 0 atom stereocenters. The Morgan fingerprint density at radius 3 is 2.71 bits per heavy atom. The highest BCUT2D eigenvalue weighted by Gasteiger charge is 2.18. The van der Waals surface area contributed by atoms with Crippen LogP contribution >= 0.6 is 50.1 Å². The number of benzene rings is 2. The van der Waals surface area contributed by atoms with Gasteiger partial charge in [0, 0.05) is 27.7 Å². The van der Waals surface area contributed by atoms with Crippen LogP contribution in [-0.2, 0) is 22.7 Å². The van der Waals surface area contributed by atoms with Gasteiger partial charge < -0.3 is 18.9 Å². The van der Waals surface area contributed by atoms with E-state index >= 15 is 0 Å². The monoisotopic (exact) mass is 712 g/mol. The van der Waals surface area contributed by atoms with Crippen molar-refractivity contribution in [3.63, 3.8) is 0 Å². The summed E-state index contributed by atoms with van der Waals surface area (Å²) in [5.41, 5.74) is 5.33. The van der Waals surface area contributed by atoms with Crippen LogP contribution in [0.5, 0.6) is 17.4 Å². The molecule has 0 bridgehead atoms. The van der Waals surface area contributed by atoms with E-state index in [-0.39, 0.29) is 31.3 Å². The number of methoxy groups -OCH3 is 2. The van der Waals surface area contributed by atoms with Gasteiger partial charge in [-0.05, 0) is 69.2 Å². The van der Waals surface area contributed by atoms with Crippen LogP contribution in [-0.4, -0.2) is 37.9 Å². The Morgan fingerprint density at radius 2 is 2.03 bits per heavy atom. The molecule has 3 aromatic rings. The number of pyridine rings is 1. The molecule has 3 rings (SSSR count). The molecule has 198 valence electrons. The van der Waals surface area contributed by atoms with E-state index in [1.54, 1.807) is 26.2 Å². The highest BCUT2D eigenvalue weighted by atomic mass is 127. The van der Waals surface area contributed by atoms with Crippen molar-refractivity contribution >= 4 is 62.2 Å². The summed E-state index contributed by atoms with van der Waals surface area (Å²) < 4.78 is 23.6. The third kappa shape index (κ3) is 7.57. The van der Waals surface area contributed by atoms with Gasteiger partial charge in [-0.1, -0.05) is 29.8 Å². The molecule has 0 aliphatic heterocycles. The molecule has 0 radical (unpaired) electrons. The quantitative estimate of drug-likeness (QED) is 0.158. The van der Waals surface area contributed by atoms with Crippen LogP contribution in [0.25, 0.3) is 0 Å². The van der Waals surface area contributed by atoms with E-state index in [0.717, 1.165) is 9.13 Å². The number of amides is 1. The summed E-state index contributed by atoms with van der Waals surface area (Å²) in [6.45, 7) is 1.83. The average molecular weight is 714 g/mol. The largest absolute Gasteiger partial charge is 0.493 e. The number of nitriles is 1. The maximum absolute atomic E-state index is 12.3. The first-order chi connectivity index (χ1) is 18.3. The van der Waals surface area contributed by atoms with Crippen molar-refractivity contribution in [2.24, 2.45) is 5.10 Å². The SMILES string of the molecule is COCc1c(Br)c(C)nc(OCC(=O)N/N=C\c2cc(I)c(OCc3ccccc3Cl)c(OC)c2)c1C#N. The van der Waals surface area contributed by atoms with Crippen molar-refractivity contribution in [3.8, 4) is 23.4 Å². The molecule has 0 aliphatic carbocycles. The number of aromatic nitrogens is 1. The van der Waals surface area contributed by atoms with E-state index in [1.165, 1.54) is 13.3 Å². The minimum atomic E-state index is -0.526. The number of carbonyl (C=O) groups is 1. The van der Waals surface area contributed by atoms with Gasteiger partial charge in [0.25, 0.3) is 5.91 Å². The first-order valence-corrected chi connectivity index (χ1v) is 13.3. The van der Waals surface area contributed by atoms with Crippen LogP contribution in [0.1, 0.15) is 27.9 Å². The van der Waals surface area contributed by atoms with Gasteiger partial charge >= 0.3 is 0 Å². The van der Waals surface area contributed by atoms with E-state index in [1.807, 2.05) is 24.3 Å². The van der Waals surface area contributed by atoms with Crippen LogP contribution < -0.4 is 19.6 Å². The van der Waals surface area contributed by atoms with Gasteiger partial charge in [-0.15, -0.1) is 0 Å². The molecule has 0 fully saturated rings. The molecule has 0 saturated heterocycles. The molecule has 1 N–H and O–H groups in total. The molecule has 0 saturated carbocycles. The Morgan fingerprint density at radius 1 is 1.26 bits per heavy atom. The Hall–Kier alpha value is -2.92. The van der Waals surface area contributed by atoms with E-state index in [9.17, 15) is 10.1 Å². The van der Waals surface area contributed by atoms with Crippen molar-refractivity contribution in [2.75, 3.05) is 20.8 Å². The Bertz CT molecular complexity index is 1400. The van der Waals surface area contributed by atoms with Crippen LogP contribution in [0, 0.1) is 21.8 Å². The molecule has 0 spiro atoms. The van der Waals surface area contributed by atoms with Crippen molar-refractivity contribution in [1.82, 2.24) is 10.4 Å². The van der Waals surface area contributed by atoms with Gasteiger partial charge in [-0.2, -0.15) is 10.4 Å². The lowest BCUT2D eigenvalue weighted by Crippen LogP contribution is -2.25. The first kappa shape index (κ1) is 29.6. The fraction of sp³-hybridized carbons (Fsp3) is 0.231. The van der Waals surface area contributed by atoms with Gasteiger partial charge in [0.1, 0.15) is 18.2 Å². The number of hydrazone groups is 1. The molecule has 2 aromatic carbocycles. The highest BCUT2D eigenvalue weighted by molar-refractivity contribution is 14.1. The molecule has 1 heterocycles. The van der Waals surface area contributed by atoms with Crippen LogP contribution in [0.2, 0.25) is 5.02 Å².